The van der Waals surface area contributed by atoms with Crippen LogP contribution in [0.1, 0.15) is 13.3 Å². The third-order valence-electron chi connectivity index (χ3n) is 2.72. The molecule has 0 saturated carbocycles. The highest BCUT2D eigenvalue weighted by Gasteiger charge is 2.13. The first-order valence-electron chi connectivity index (χ1n) is 6.42. The Morgan fingerprint density at radius 3 is 2.85 bits per heavy atom. The fraction of sp³-hybridized carbons (Fsp3) is 0.231. The van der Waals surface area contributed by atoms with Crippen LogP contribution in [0.4, 0.5) is 5.13 Å². The zero-order valence-electron chi connectivity index (χ0n) is 11.0. The molecule has 2 aromatic heterocycles. The highest BCUT2D eigenvalue weighted by atomic mass is 32.1. The maximum atomic E-state index is 4.20. The number of hydrogen-bond donors (Lipinski definition) is 1. The summed E-state index contributed by atoms with van der Waals surface area (Å²) >= 11 is 1.51. The molecule has 0 bridgehead atoms. The van der Waals surface area contributed by atoms with Crippen LogP contribution in [0.5, 0.6) is 0 Å². The fourth-order valence-corrected chi connectivity index (χ4v) is 2.54. The van der Waals surface area contributed by atoms with Crippen molar-refractivity contribution in [2.24, 2.45) is 0 Å². The summed E-state index contributed by atoms with van der Waals surface area (Å²) in [6, 6.07) is 9.87. The molecule has 2 heterocycles. The minimum absolute atomic E-state index is 0.803. The van der Waals surface area contributed by atoms with Gasteiger partial charge in [0, 0.05) is 6.54 Å². The second-order valence-electron chi connectivity index (χ2n) is 4.21. The third-order valence-corrected chi connectivity index (χ3v) is 3.62. The Labute approximate surface area is 120 Å². The predicted octanol–water partition coefficient (Wildman–Crippen LogP) is 2.61. The Hall–Kier alpha value is -2.28. The molecule has 0 aliphatic carbocycles. The first-order valence-corrected chi connectivity index (χ1v) is 7.24. The van der Waals surface area contributed by atoms with Crippen molar-refractivity contribution in [3.63, 3.8) is 0 Å². The van der Waals surface area contributed by atoms with Gasteiger partial charge in [-0.2, -0.15) is 0 Å². The van der Waals surface area contributed by atoms with Crippen LogP contribution in [0.25, 0.3) is 16.4 Å². The molecule has 1 aromatic carbocycles. The van der Waals surface area contributed by atoms with Crippen molar-refractivity contribution in [2.45, 2.75) is 13.3 Å². The van der Waals surface area contributed by atoms with Gasteiger partial charge in [0.1, 0.15) is 5.69 Å². The van der Waals surface area contributed by atoms with Crippen LogP contribution in [-0.2, 0) is 0 Å². The minimum Gasteiger partial charge on any atom is -0.360 e. The number of aromatic nitrogens is 5. The summed E-state index contributed by atoms with van der Waals surface area (Å²) in [5.41, 5.74) is 1.80. The monoisotopic (exact) mass is 286 g/mol. The van der Waals surface area contributed by atoms with Crippen LogP contribution < -0.4 is 5.32 Å². The summed E-state index contributed by atoms with van der Waals surface area (Å²) in [5.74, 6) is 0. The highest BCUT2D eigenvalue weighted by Crippen LogP contribution is 2.27. The zero-order chi connectivity index (χ0) is 13.8. The molecule has 1 N–H and O–H groups in total. The van der Waals surface area contributed by atoms with E-state index in [0.717, 1.165) is 34.5 Å². The number of rotatable bonds is 5. The van der Waals surface area contributed by atoms with Crippen LogP contribution in [0.15, 0.2) is 36.5 Å². The van der Waals surface area contributed by atoms with Gasteiger partial charge in [0.2, 0.25) is 5.13 Å². The van der Waals surface area contributed by atoms with Gasteiger partial charge in [0.05, 0.1) is 11.9 Å². The SMILES string of the molecule is CCCNc1nnc(-c2cnnn2-c2ccccc2)s1. The Bertz CT molecular complexity index is 675. The lowest BCUT2D eigenvalue weighted by atomic mass is 10.3. The van der Waals surface area contributed by atoms with Gasteiger partial charge in [-0.05, 0) is 18.6 Å². The molecular weight excluding hydrogens is 272 g/mol. The van der Waals surface area contributed by atoms with Crippen molar-refractivity contribution in [3.8, 4) is 16.4 Å². The number of nitrogens with one attached hydrogen (secondary N) is 1. The van der Waals surface area contributed by atoms with E-state index in [-0.39, 0.29) is 0 Å². The largest absolute Gasteiger partial charge is 0.360 e. The molecule has 0 unspecified atom stereocenters. The summed E-state index contributed by atoms with van der Waals surface area (Å²) in [6.07, 6.45) is 2.76. The molecule has 0 atom stereocenters. The van der Waals surface area contributed by atoms with Gasteiger partial charge in [-0.3, -0.25) is 0 Å². The van der Waals surface area contributed by atoms with E-state index in [4.69, 9.17) is 0 Å². The number of nitrogens with zero attached hydrogens (tertiary/aromatic N) is 5. The van der Waals surface area contributed by atoms with Crippen LogP contribution in [-0.4, -0.2) is 31.7 Å². The molecule has 0 radical (unpaired) electrons. The fourth-order valence-electron chi connectivity index (χ4n) is 1.77. The number of hydrogen-bond acceptors (Lipinski definition) is 6. The Kier molecular flexibility index (Phi) is 3.69. The van der Waals surface area contributed by atoms with Crippen LogP contribution in [0.2, 0.25) is 0 Å². The highest BCUT2D eigenvalue weighted by molar-refractivity contribution is 7.18. The maximum Gasteiger partial charge on any atom is 0.206 e. The van der Waals surface area contributed by atoms with Crippen molar-refractivity contribution < 1.29 is 0 Å². The maximum absolute atomic E-state index is 4.20. The van der Waals surface area contributed by atoms with E-state index in [0.29, 0.717) is 0 Å². The molecule has 0 fully saturated rings. The molecule has 20 heavy (non-hydrogen) atoms. The molecule has 7 heteroatoms. The number of benzene rings is 1. The number of para-hydroxylation sites is 1. The number of anilines is 1. The van der Waals surface area contributed by atoms with Gasteiger partial charge < -0.3 is 5.32 Å². The topological polar surface area (TPSA) is 68.5 Å². The van der Waals surface area contributed by atoms with E-state index in [1.165, 1.54) is 11.3 Å². The van der Waals surface area contributed by atoms with Gasteiger partial charge in [-0.1, -0.05) is 41.7 Å². The van der Waals surface area contributed by atoms with Crippen molar-refractivity contribution >= 4 is 16.5 Å². The third kappa shape index (κ3) is 2.53. The van der Waals surface area contributed by atoms with E-state index in [9.17, 15) is 0 Å². The molecular formula is C13H14N6S. The first-order chi connectivity index (χ1) is 9.88. The lowest BCUT2D eigenvalue weighted by Crippen LogP contribution is -1.98. The van der Waals surface area contributed by atoms with Crippen molar-refractivity contribution in [3.05, 3.63) is 36.5 Å². The normalized spacial score (nSPS) is 10.7. The lowest BCUT2D eigenvalue weighted by molar-refractivity contribution is 0.806. The first kappa shape index (κ1) is 12.7. The van der Waals surface area contributed by atoms with Crippen molar-refractivity contribution in [1.29, 1.82) is 0 Å². The molecule has 6 nitrogen and oxygen atoms in total. The molecule has 3 aromatic rings. The van der Waals surface area contributed by atoms with Crippen LogP contribution in [0.3, 0.4) is 0 Å². The lowest BCUT2D eigenvalue weighted by Gasteiger charge is -2.02. The van der Waals surface area contributed by atoms with Gasteiger partial charge >= 0.3 is 0 Å². The van der Waals surface area contributed by atoms with E-state index in [1.54, 1.807) is 10.9 Å². The molecule has 0 aliphatic heterocycles. The van der Waals surface area contributed by atoms with Crippen LogP contribution >= 0.6 is 11.3 Å². The van der Waals surface area contributed by atoms with Gasteiger partial charge in [0.25, 0.3) is 0 Å². The molecule has 3 rings (SSSR count). The van der Waals surface area contributed by atoms with Gasteiger partial charge in [-0.25, -0.2) is 4.68 Å². The zero-order valence-corrected chi connectivity index (χ0v) is 11.8. The van der Waals surface area contributed by atoms with Gasteiger partial charge in [0.15, 0.2) is 5.01 Å². The van der Waals surface area contributed by atoms with Crippen molar-refractivity contribution in [2.75, 3.05) is 11.9 Å². The Morgan fingerprint density at radius 2 is 2.05 bits per heavy atom. The Balaban J connectivity index is 1.92. The van der Waals surface area contributed by atoms with E-state index < -0.39 is 0 Å². The summed E-state index contributed by atoms with van der Waals surface area (Å²) in [5, 5.41) is 21.3. The summed E-state index contributed by atoms with van der Waals surface area (Å²) in [4.78, 5) is 0. The second kappa shape index (κ2) is 5.79. The minimum atomic E-state index is 0.803. The summed E-state index contributed by atoms with van der Waals surface area (Å²) in [7, 11) is 0. The summed E-state index contributed by atoms with van der Waals surface area (Å²) in [6.45, 7) is 3.01. The molecule has 0 spiro atoms. The second-order valence-corrected chi connectivity index (χ2v) is 5.18. The average Bonchev–Trinajstić information content (AvgIpc) is 3.14. The molecule has 0 aliphatic rings. The molecule has 0 amide bonds. The smallest absolute Gasteiger partial charge is 0.206 e. The Morgan fingerprint density at radius 1 is 1.20 bits per heavy atom. The van der Waals surface area contributed by atoms with Crippen molar-refractivity contribution in [1.82, 2.24) is 25.2 Å². The predicted molar refractivity (Wildman–Crippen MR) is 79.0 cm³/mol. The van der Waals surface area contributed by atoms with E-state index >= 15 is 0 Å². The average molecular weight is 286 g/mol. The standard InChI is InChI=1S/C13H14N6S/c1-2-8-14-13-17-16-12(20-13)11-9-15-18-19(11)10-6-4-3-5-7-10/h3-7,9H,2,8H2,1H3,(H,14,17). The van der Waals surface area contributed by atoms with Gasteiger partial charge in [-0.15, -0.1) is 15.3 Å². The van der Waals surface area contributed by atoms with Crippen LogP contribution in [0, 0.1) is 0 Å². The summed E-state index contributed by atoms with van der Waals surface area (Å²) < 4.78 is 1.77. The quantitative estimate of drug-likeness (QED) is 0.781. The van der Waals surface area contributed by atoms with E-state index in [1.807, 2.05) is 30.3 Å². The molecule has 0 saturated heterocycles. The molecule has 102 valence electrons. The van der Waals surface area contributed by atoms with E-state index in [2.05, 4.69) is 32.7 Å².